The molecule has 0 saturated heterocycles. The van der Waals surface area contributed by atoms with Crippen LogP contribution in [-0.4, -0.2) is 29.5 Å². The van der Waals surface area contributed by atoms with E-state index in [0.717, 1.165) is 0 Å². The molecule has 0 spiro atoms. The van der Waals surface area contributed by atoms with Gasteiger partial charge in [0.15, 0.2) is 0 Å². The number of alkyl halides is 3. The van der Waals surface area contributed by atoms with Crippen molar-refractivity contribution in [1.82, 2.24) is 0 Å². The third-order valence-corrected chi connectivity index (χ3v) is 2.35. The maximum atomic E-state index is 7.27. The van der Waals surface area contributed by atoms with E-state index in [1.54, 1.807) is 13.2 Å². The van der Waals surface area contributed by atoms with Crippen molar-refractivity contribution < 1.29 is 9.47 Å². The molecule has 0 aliphatic heterocycles. The predicted octanol–water partition coefficient (Wildman–Crippen LogP) is 3.58. The van der Waals surface area contributed by atoms with Gasteiger partial charge in [-0.3, -0.25) is 5.41 Å². The van der Waals surface area contributed by atoms with Gasteiger partial charge in [0.2, 0.25) is 5.90 Å². The highest BCUT2D eigenvalue weighted by molar-refractivity contribution is 6.76. The van der Waals surface area contributed by atoms with Crippen LogP contribution in [0, 0.1) is 11.3 Å². The lowest BCUT2D eigenvalue weighted by Crippen LogP contribution is -2.21. The normalized spacial score (nSPS) is 14.4. The predicted molar refractivity (Wildman–Crippen MR) is 68.7 cm³/mol. The van der Waals surface area contributed by atoms with Crippen molar-refractivity contribution in [1.29, 1.82) is 5.41 Å². The third-order valence-electron chi connectivity index (χ3n) is 1.84. The molecule has 0 bridgehead atoms. The Bertz CT molecular complexity index is 249. The largest absolute Gasteiger partial charge is 0.474 e. The summed E-state index contributed by atoms with van der Waals surface area (Å²) in [6.45, 7) is 4.27. The van der Waals surface area contributed by atoms with Gasteiger partial charge < -0.3 is 9.47 Å². The first-order valence-corrected chi connectivity index (χ1v) is 5.90. The summed E-state index contributed by atoms with van der Waals surface area (Å²) in [7, 11) is 1.64. The molecule has 0 aliphatic rings. The maximum absolute atomic E-state index is 7.27. The van der Waals surface area contributed by atoms with E-state index in [9.17, 15) is 0 Å². The Morgan fingerprint density at radius 1 is 1.38 bits per heavy atom. The fourth-order valence-electron chi connectivity index (χ4n) is 0.976. The molecule has 0 rings (SSSR count). The van der Waals surface area contributed by atoms with Gasteiger partial charge in [-0.1, -0.05) is 54.7 Å². The maximum Gasteiger partial charge on any atom is 0.265 e. The van der Waals surface area contributed by atoms with E-state index in [1.165, 1.54) is 0 Å². The number of methoxy groups -OCH3 is 1. The summed E-state index contributed by atoms with van der Waals surface area (Å²) in [5, 5.41) is 7.27. The van der Waals surface area contributed by atoms with Crippen molar-refractivity contribution in [3.8, 4) is 0 Å². The SMILES string of the molecule is COC(/C=C\COC(=N)C(Cl)(Cl)Cl)C(C)C. The monoisotopic (exact) mass is 287 g/mol. The zero-order chi connectivity index (χ0) is 12.8. The summed E-state index contributed by atoms with van der Waals surface area (Å²) in [5.74, 6) is -0.0189. The van der Waals surface area contributed by atoms with Crippen molar-refractivity contribution in [3.63, 3.8) is 0 Å². The van der Waals surface area contributed by atoms with Crippen LogP contribution in [0.4, 0.5) is 0 Å². The van der Waals surface area contributed by atoms with Crippen molar-refractivity contribution >= 4 is 40.7 Å². The van der Waals surface area contributed by atoms with Crippen LogP contribution in [0.3, 0.4) is 0 Å². The highest BCUT2D eigenvalue weighted by Crippen LogP contribution is 2.27. The second-order valence-electron chi connectivity index (χ2n) is 3.51. The standard InChI is InChI=1S/C10H16Cl3NO2/c1-7(2)8(15-3)5-4-6-16-9(14)10(11,12)13/h4-5,7-8,14H,6H2,1-3H3/b5-4-,14-9?. The number of rotatable bonds is 5. The summed E-state index contributed by atoms with van der Waals surface area (Å²) in [5.41, 5.74) is 0. The van der Waals surface area contributed by atoms with Crippen LogP contribution in [-0.2, 0) is 9.47 Å². The van der Waals surface area contributed by atoms with Crippen LogP contribution in [0.15, 0.2) is 12.2 Å². The third kappa shape index (κ3) is 6.59. The van der Waals surface area contributed by atoms with Gasteiger partial charge in [-0.05, 0) is 12.0 Å². The minimum atomic E-state index is -1.80. The number of hydrogen-bond donors (Lipinski definition) is 1. The first kappa shape index (κ1) is 16.0. The van der Waals surface area contributed by atoms with Crippen LogP contribution < -0.4 is 0 Å². The van der Waals surface area contributed by atoms with E-state index in [1.807, 2.05) is 19.9 Å². The molecule has 0 aromatic rings. The summed E-state index contributed by atoms with van der Waals surface area (Å²) >= 11 is 16.3. The van der Waals surface area contributed by atoms with E-state index in [4.69, 9.17) is 49.7 Å². The molecule has 0 saturated carbocycles. The van der Waals surface area contributed by atoms with Crippen molar-refractivity contribution in [2.75, 3.05) is 13.7 Å². The molecule has 0 radical (unpaired) electrons. The second-order valence-corrected chi connectivity index (χ2v) is 5.79. The lowest BCUT2D eigenvalue weighted by Gasteiger charge is -2.15. The Morgan fingerprint density at radius 3 is 2.31 bits per heavy atom. The quantitative estimate of drug-likeness (QED) is 0.364. The van der Waals surface area contributed by atoms with Gasteiger partial charge in [0.1, 0.15) is 6.61 Å². The molecule has 1 unspecified atom stereocenters. The highest BCUT2D eigenvalue weighted by atomic mass is 35.6. The topological polar surface area (TPSA) is 42.3 Å². The molecule has 0 amide bonds. The molecule has 0 aliphatic carbocycles. The van der Waals surface area contributed by atoms with Gasteiger partial charge in [-0.25, -0.2) is 0 Å². The smallest absolute Gasteiger partial charge is 0.265 e. The fraction of sp³-hybridized carbons (Fsp3) is 0.700. The zero-order valence-electron chi connectivity index (χ0n) is 9.47. The second kappa shape index (κ2) is 7.38. The molecule has 0 aromatic carbocycles. The van der Waals surface area contributed by atoms with E-state index in [2.05, 4.69) is 0 Å². The molecule has 1 atom stereocenters. The van der Waals surface area contributed by atoms with Gasteiger partial charge in [-0.2, -0.15) is 0 Å². The molecule has 0 aromatic heterocycles. The van der Waals surface area contributed by atoms with Gasteiger partial charge in [0.05, 0.1) is 6.10 Å². The molecule has 94 valence electrons. The minimum Gasteiger partial charge on any atom is -0.474 e. The molecule has 1 N–H and O–H groups in total. The van der Waals surface area contributed by atoms with Gasteiger partial charge in [0.25, 0.3) is 3.79 Å². The number of halogens is 3. The fourth-order valence-corrected chi connectivity index (χ4v) is 1.14. The Balaban J connectivity index is 3.98. The van der Waals surface area contributed by atoms with Crippen molar-refractivity contribution in [2.45, 2.75) is 23.7 Å². The minimum absolute atomic E-state index is 0.0190. The molecular weight excluding hydrogens is 272 g/mol. The van der Waals surface area contributed by atoms with Crippen molar-refractivity contribution in [2.24, 2.45) is 5.92 Å². The average molecular weight is 289 g/mol. The molecule has 6 heteroatoms. The lowest BCUT2D eigenvalue weighted by atomic mass is 10.1. The average Bonchev–Trinajstić information content (AvgIpc) is 2.15. The molecule has 16 heavy (non-hydrogen) atoms. The Morgan fingerprint density at radius 2 is 1.94 bits per heavy atom. The summed E-state index contributed by atoms with van der Waals surface area (Å²) in [4.78, 5) is 0. The van der Waals surface area contributed by atoms with E-state index in [-0.39, 0.29) is 18.6 Å². The summed E-state index contributed by atoms with van der Waals surface area (Å²) < 4.78 is 8.34. The van der Waals surface area contributed by atoms with Gasteiger partial charge >= 0.3 is 0 Å². The van der Waals surface area contributed by atoms with Gasteiger partial charge in [-0.15, -0.1) is 0 Å². The zero-order valence-corrected chi connectivity index (χ0v) is 11.7. The molecular formula is C10H16Cl3NO2. The van der Waals surface area contributed by atoms with E-state index in [0.29, 0.717) is 5.92 Å². The van der Waals surface area contributed by atoms with Crippen LogP contribution >= 0.6 is 34.8 Å². The Hall–Kier alpha value is 0.0400. The van der Waals surface area contributed by atoms with Crippen LogP contribution in [0.25, 0.3) is 0 Å². The van der Waals surface area contributed by atoms with Crippen LogP contribution in [0.2, 0.25) is 0 Å². The summed E-state index contributed by atoms with van der Waals surface area (Å²) in [6, 6.07) is 0. The van der Waals surface area contributed by atoms with Crippen LogP contribution in [0.1, 0.15) is 13.8 Å². The van der Waals surface area contributed by atoms with Crippen molar-refractivity contribution in [3.05, 3.63) is 12.2 Å². The van der Waals surface area contributed by atoms with Crippen LogP contribution in [0.5, 0.6) is 0 Å². The first-order chi connectivity index (χ1) is 7.29. The first-order valence-electron chi connectivity index (χ1n) is 4.77. The molecule has 3 nitrogen and oxygen atoms in total. The molecule has 0 fully saturated rings. The lowest BCUT2D eigenvalue weighted by molar-refractivity contribution is 0.103. The number of ether oxygens (including phenoxy) is 2. The number of hydrogen-bond acceptors (Lipinski definition) is 3. The molecule has 0 heterocycles. The summed E-state index contributed by atoms with van der Waals surface area (Å²) in [6.07, 6.45) is 3.61. The highest BCUT2D eigenvalue weighted by Gasteiger charge is 2.28. The Kier molecular flexibility index (Phi) is 7.40. The van der Waals surface area contributed by atoms with E-state index >= 15 is 0 Å². The number of nitrogens with one attached hydrogen (secondary N) is 1. The van der Waals surface area contributed by atoms with Gasteiger partial charge in [0, 0.05) is 7.11 Å². The van der Waals surface area contributed by atoms with E-state index < -0.39 is 3.79 Å². The Labute approximate surface area is 111 Å².